The molecule has 2 aromatic carbocycles. The zero-order valence-corrected chi connectivity index (χ0v) is 19.6. The first kappa shape index (κ1) is 21.9. The van der Waals surface area contributed by atoms with Gasteiger partial charge >= 0.3 is 0 Å². The smallest absolute Gasteiger partial charge is 0.254 e. The third-order valence-corrected chi connectivity index (χ3v) is 9.01. The van der Waals surface area contributed by atoms with Crippen molar-refractivity contribution < 1.29 is 13.2 Å². The number of aromatic nitrogens is 1. The number of para-hydroxylation sites is 1. The van der Waals surface area contributed by atoms with Crippen LogP contribution in [0.1, 0.15) is 48.1 Å². The summed E-state index contributed by atoms with van der Waals surface area (Å²) in [5.41, 5.74) is 1.39. The fraction of sp³-hybridized carbons (Fsp3) is 0.391. The van der Waals surface area contributed by atoms with Crippen LogP contribution in [0.4, 0.5) is 0 Å². The molecule has 1 saturated heterocycles. The summed E-state index contributed by atoms with van der Waals surface area (Å²) in [5.74, 6) is 0.198. The van der Waals surface area contributed by atoms with E-state index in [0.717, 1.165) is 28.1 Å². The topological polar surface area (TPSA) is 70.6 Å². The fourth-order valence-corrected chi connectivity index (χ4v) is 6.56. The predicted octanol–water partition coefficient (Wildman–Crippen LogP) is 4.55. The summed E-state index contributed by atoms with van der Waals surface area (Å²) in [4.78, 5) is 19.6. The van der Waals surface area contributed by atoms with E-state index < -0.39 is 10.0 Å². The van der Waals surface area contributed by atoms with Gasteiger partial charge in [0.05, 0.1) is 21.2 Å². The molecule has 0 spiro atoms. The Balaban J connectivity index is 1.50. The minimum atomic E-state index is -3.53. The molecule has 1 aliphatic rings. The van der Waals surface area contributed by atoms with Gasteiger partial charge in [-0.2, -0.15) is 4.31 Å². The summed E-state index contributed by atoms with van der Waals surface area (Å²) in [6, 6.07) is 14.0. The zero-order chi connectivity index (χ0) is 22.2. The van der Waals surface area contributed by atoms with Gasteiger partial charge in [0.2, 0.25) is 10.0 Å². The van der Waals surface area contributed by atoms with Crippen molar-refractivity contribution in [2.45, 2.75) is 37.6 Å². The second kappa shape index (κ2) is 8.68. The lowest BCUT2D eigenvalue weighted by molar-refractivity contribution is 0.0742. The van der Waals surface area contributed by atoms with Gasteiger partial charge < -0.3 is 4.90 Å². The van der Waals surface area contributed by atoms with Crippen LogP contribution < -0.4 is 0 Å². The van der Waals surface area contributed by atoms with Crippen molar-refractivity contribution in [2.24, 2.45) is 5.92 Å². The van der Waals surface area contributed by atoms with E-state index in [1.165, 1.54) is 12.1 Å². The fourth-order valence-electron chi connectivity index (χ4n) is 3.90. The predicted molar refractivity (Wildman–Crippen MR) is 124 cm³/mol. The standard InChI is InChI=1S/C23H27N3O3S2/c1-16-7-6-14-26(15-16)31(28,29)19-12-10-18(11-13-19)23(27)25(3)17(2)22-24-20-8-4-5-9-21(20)30-22/h4-5,8-13,16-17H,6-7,14-15H2,1-3H3/t16-,17+/m1/s1. The Morgan fingerprint density at radius 3 is 2.58 bits per heavy atom. The molecule has 1 amide bonds. The normalized spacial score (nSPS) is 18.7. The van der Waals surface area contributed by atoms with E-state index >= 15 is 0 Å². The number of rotatable bonds is 5. The van der Waals surface area contributed by atoms with Crippen LogP contribution in [0, 0.1) is 5.92 Å². The first-order chi connectivity index (χ1) is 14.8. The molecule has 2 heterocycles. The molecule has 0 saturated carbocycles. The summed E-state index contributed by atoms with van der Waals surface area (Å²) < 4.78 is 28.5. The van der Waals surface area contributed by atoms with E-state index in [9.17, 15) is 13.2 Å². The molecule has 0 aliphatic carbocycles. The molecular weight excluding hydrogens is 430 g/mol. The molecule has 4 rings (SSSR count). The Kier molecular flexibility index (Phi) is 6.14. The van der Waals surface area contributed by atoms with Crippen LogP contribution in [0.3, 0.4) is 0 Å². The van der Waals surface area contributed by atoms with Gasteiger partial charge in [-0.25, -0.2) is 13.4 Å². The molecule has 8 heteroatoms. The number of carbonyl (C=O) groups is 1. The first-order valence-electron chi connectivity index (χ1n) is 10.5. The van der Waals surface area contributed by atoms with Crippen molar-refractivity contribution in [1.29, 1.82) is 0 Å². The highest BCUT2D eigenvalue weighted by Gasteiger charge is 2.29. The minimum Gasteiger partial charge on any atom is -0.333 e. The van der Waals surface area contributed by atoms with Gasteiger partial charge in [-0.05, 0) is 62.1 Å². The number of amides is 1. The molecule has 1 aliphatic heterocycles. The monoisotopic (exact) mass is 457 g/mol. The molecule has 1 fully saturated rings. The Bertz CT molecular complexity index is 1160. The minimum absolute atomic E-state index is 0.165. The quantitative estimate of drug-likeness (QED) is 0.564. The van der Waals surface area contributed by atoms with E-state index in [0.29, 0.717) is 24.6 Å². The second-order valence-corrected chi connectivity index (χ2v) is 11.2. The summed E-state index contributed by atoms with van der Waals surface area (Å²) in [5, 5.41) is 0.871. The van der Waals surface area contributed by atoms with E-state index in [2.05, 4.69) is 11.9 Å². The summed E-state index contributed by atoms with van der Waals surface area (Å²) in [6.07, 6.45) is 1.93. The molecule has 3 aromatic rings. The third-order valence-electron chi connectivity index (χ3n) is 5.93. The lowest BCUT2D eigenvalue weighted by Crippen LogP contribution is -2.39. The Hall–Kier alpha value is -2.29. The number of nitrogens with zero attached hydrogens (tertiary/aromatic N) is 3. The van der Waals surface area contributed by atoms with Crippen molar-refractivity contribution in [2.75, 3.05) is 20.1 Å². The molecule has 0 radical (unpaired) electrons. The highest BCUT2D eigenvalue weighted by molar-refractivity contribution is 7.89. The number of piperidine rings is 1. The van der Waals surface area contributed by atoms with Crippen LogP contribution in [0.25, 0.3) is 10.2 Å². The average molecular weight is 458 g/mol. The molecule has 0 bridgehead atoms. The Labute approximate surface area is 187 Å². The van der Waals surface area contributed by atoms with Crippen LogP contribution >= 0.6 is 11.3 Å². The van der Waals surface area contributed by atoms with Gasteiger partial charge in [-0.3, -0.25) is 4.79 Å². The maximum absolute atomic E-state index is 13.0. The van der Waals surface area contributed by atoms with Gasteiger partial charge in [0.15, 0.2) is 0 Å². The zero-order valence-electron chi connectivity index (χ0n) is 18.0. The van der Waals surface area contributed by atoms with Crippen LogP contribution in [0.2, 0.25) is 0 Å². The van der Waals surface area contributed by atoms with Crippen molar-refractivity contribution in [3.63, 3.8) is 0 Å². The number of fused-ring (bicyclic) bond motifs is 1. The number of benzene rings is 2. The van der Waals surface area contributed by atoms with Crippen LogP contribution in [-0.4, -0.2) is 48.7 Å². The first-order valence-corrected chi connectivity index (χ1v) is 12.8. The molecular formula is C23H27N3O3S2. The molecule has 0 unspecified atom stereocenters. The van der Waals surface area contributed by atoms with Crippen molar-refractivity contribution >= 4 is 37.5 Å². The largest absolute Gasteiger partial charge is 0.333 e. The van der Waals surface area contributed by atoms with Gasteiger partial charge in [-0.1, -0.05) is 19.1 Å². The lowest BCUT2D eigenvalue weighted by Gasteiger charge is -2.30. The van der Waals surface area contributed by atoms with E-state index in [1.54, 1.807) is 39.7 Å². The van der Waals surface area contributed by atoms with Gasteiger partial charge in [0.25, 0.3) is 5.91 Å². The highest BCUT2D eigenvalue weighted by atomic mass is 32.2. The maximum atomic E-state index is 13.0. The van der Waals surface area contributed by atoms with Crippen molar-refractivity contribution in [3.05, 3.63) is 59.1 Å². The SMILES string of the molecule is C[C@@H]1CCCN(S(=O)(=O)c2ccc(C(=O)N(C)[C@@H](C)c3nc4ccccc4s3)cc2)C1. The van der Waals surface area contributed by atoms with Crippen molar-refractivity contribution in [3.8, 4) is 0 Å². The third kappa shape index (κ3) is 4.37. The van der Waals surface area contributed by atoms with E-state index in [4.69, 9.17) is 0 Å². The van der Waals surface area contributed by atoms with Crippen molar-refractivity contribution in [1.82, 2.24) is 14.2 Å². The number of hydrogen-bond acceptors (Lipinski definition) is 5. The number of hydrogen-bond donors (Lipinski definition) is 0. The van der Waals surface area contributed by atoms with Gasteiger partial charge in [0.1, 0.15) is 5.01 Å². The summed E-state index contributed by atoms with van der Waals surface area (Å²) in [7, 11) is -1.78. The highest BCUT2D eigenvalue weighted by Crippen LogP contribution is 2.30. The second-order valence-electron chi connectivity index (χ2n) is 8.25. The summed E-state index contributed by atoms with van der Waals surface area (Å²) >= 11 is 1.58. The average Bonchev–Trinajstić information content (AvgIpc) is 3.22. The lowest BCUT2D eigenvalue weighted by atomic mass is 10.0. The molecule has 6 nitrogen and oxygen atoms in total. The number of carbonyl (C=O) groups excluding carboxylic acids is 1. The summed E-state index contributed by atoms with van der Waals surface area (Å²) in [6.45, 7) is 5.12. The molecule has 31 heavy (non-hydrogen) atoms. The molecule has 0 N–H and O–H groups in total. The number of sulfonamides is 1. The Morgan fingerprint density at radius 2 is 1.90 bits per heavy atom. The van der Waals surface area contributed by atoms with Crippen LogP contribution in [0.5, 0.6) is 0 Å². The van der Waals surface area contributed by atoms with Gasteiger partial charge in [0, 0.05) is 25.7 Å². The molecule has 2 atom stereocenters. The Morgan fingerprint density at radius 1 is 1.19 bits per heavy atom. The van der Waals surface area contributed by atoms with E-state index in [-0.39, 0.29) is 16.8 Å². The van der Waals surface area contributed by atoms with Crippen LogP contribution in [0.15, 0.2) is 53.4 Å². The van der Waals surface area contributed by atoms with Gasteiger partial charge in [-0.15, -0.1) is 11.3 Å². The number of thiazole rings is 1. The maximum Gasteiger partial charge on any atom is 0.254 e. The van der Waals surface area contributed by atoms with E-state index in [1.807, 2.05) is 31.2 Å². The molecule has 164 valence electrons. The molecule has 1 aromatic heterocycles. The van der Waals surface area contributed by atoms with Crippen LogP contribution in [-0.2, 0) is 10.0 Å².